The van der Waals surface area contributed by atoms with E-state index in [-0.39, 0.29) is 11.9 Å². The lowest BCUT2D eigenvalue weighted by Crippen LogP contribution is -2.35. The van der Waals surface area contributed by atoms with Gasteiger partial charge in [-0.1, -0.05) is 13.8 Å². The van der Waals surface area contributed by atoms with E-state index in [0.717, 1.165) is 12.9 Å². The Kier molecular flexibility index (Phi) is 12.3. The van der Waals surface area contributed by atoms with Gasteiger partial charge in [0.2, 0.25) is 5.91 Å². The topological polar surface area (TPSA) is 55.4 Å². The van der Waals surface area contributed by atoms with Crippen molar-refractivity contribution >= 4 is 12.2 Å². The summed E-state index contributed by atoms with van der Waals surface area (Å²) in [5, 5.41) is 2.55. The van der Waals surface area contributed by atoms with E-state index in [1.54, 1.807) is 7.11 Å². The molecule has 1 atom stereocenters. The molecular formula is C11H23NO3. The number of methoxy groups -OCH3 is 1. The van der Waals surface area contributed by atoms with Gasteiger partial charge in [0.1, 0.15) is 6.29 Å². The van der Waals surface area contributed by atoms with Gasteiger partial charge in [-0.15, -0.1) is 0 Å². The summed E-state index contributed by atoms with van der Waals surface area (Å²) >= 11 is 0. The summed E-state index contributed by atoms with van der Waals surface area (Å²) in [5.41, 5.74) is 0. The summed E-state index contributed by atoms with van der Waals surface area (Å²) in [6.45, 7) is 8.22. The Balaban J connectivity index is 0. The van der Waals surface area contributed by atoms with Crippen LogP contribution < -0.4 is 5.32 Å². The minimum atomic E-state index is -0.313. The van der Waals surface area contributed by atoms with E-state index < -0.39 is 0 Å². The zero-order valence-electron chi connectivity index (χ0n) is 10.4. The van der Waals surface area contributed by atoms with Crippen LogP contribution in [0.25, 0.3) is 0 Å². The Morgan fingerprint density at radius 3 is 2.13 bits per heavy atom. The lowest BCUT2D eigenvalue weighted by atomic mass is 10.1. The molecule has 0 aliphatic heterocycles. The molecule has 0 radical (unpaired) electrons. The highest BCUT2D eigenvalue weighted by Gasteiger charge is 2.09. The van der Waals surface area contributed by atoms with Crippen molar-refractivity contribution in [1.29, 1.82) is 0 Å². The van der Waals surface area contributed by atoms with Crippen LogP contribution >= 0.6 is 0 Å². The van der Waals surface area contributed by atoms with Gasteiger partial charge in [0.15, 0.2) is 0 Å². The van der Waals surface area contributed by atoms with Crippen LogP contribution in [-0.2, 0) is 14.3 Å². The molecule has 0 aromatic rings. The monoisotopic (exact) mass is 217 g/mol. The van der Waals surface area contributed by atoms with Gasteiger partial charge in [-0.2, -0.15) is 0 Å². The minimum absolute atomic E-state index is 0.150. The van der Waals surface area contributed by atoms with Crippen LogP contribution in [0.1, 0.15) is 34.1 Å². The third-order valence-electron chi connectivity index (χ3n) is 1.57. The smallest absolute Gasteiger partial charge is 0.217 e. The van der Waals surface area contributed by atoms with Crippen molar-refractivity contribution in [3.63, 3.8) is 0 Å². The van der Waals surface area contributed by atoms with E-state index in [2.05, 4.69) is 10.1 Å². The molecule has 1 N–H and O–H groups in total. The molecule has 0 spiro atoms. The summed E-state index contributed by atoms with van der Waals surface area (Å²) in [4.78, 5) is 20.9. The Hall–Kier alpha value is -0.900. The molecule has 0 aromatic carbocycles. The summed E-state index contributed by atoms with van der Waals surface area (Å²) < 4.78 is 4.54. The van der Waals surface area contributed by atoms with Crippen molar-refractivity contribution in [1.82, 2.24) is 5.32 Å². The number of nitrogens with one attached hydrogen (secondary N) is 1. The summed E-state index contributed by atoms with van der Waals surface area (Å²) in [7, 11) is 1.68. The van der Waals surface area contributed by atoms with Crippen LogP contribution in [0, 0.1) is 5.92 Å². The van der Waals surface area contributed by atoms with Gasteiger partial charge >= 0.3 is 0 Å². The molecule has 4 heteroatoms. The maximum absolute atomic E-state index is 10.5. The van der Waals surface area contributed by atoms with Gasteiger partial charge in [-0.05, 0) is 19.3 Å². The SMILES string of the molecule is CC(=O)NC(C=O)CC(C)C.CCOC. The van der Waals surface area contributed by atoms with Crippen molar-refractivity contribution in [2.45, 2.75) is 40.2 Å². The van der Waals surface area contributed by atoms with Crippen LogP contribution in [0.4, 0.5) is 0 Å². The minimum Gasteiger partial charge on any atom is -0.385 e. The molecule has 1 unspecified atom stereocenters. The van der Waals surface area contributed by atoms with Crippen molar-refractivity contribution in [2.24, 2.45) is 5.92 Å². The number of amides is 1. The number of ether oxygens (including phenoxy) is 1. The van der Waals surface area contributed by atoms with Crippen LogP contribution in [0.2, 0.25) is 0 Å². The molecule has 4 nitrogen and oxygen atoms in total. The van der Waals surface area contributed by atoms with Crippen molar-refractivity contribution in [3.05, 3.63) is 0 Å². The number of aldehydes is 1. The number of hydrogen-bond acceptors (Lipinski definition) is 3. The summed E-state index contributed by atoms with van der Waals surface area (Å²) in [5.74, 6) is 0.278. The molecular weight excluding hydrogens is 194 g/mol. The fourth-order valence-electron chi connectivity index (χ4n) is 0.917. The van der Waals surface area contributed by atoms with Crippen molar-refractivity contribution in [2.75, 3.05) is 13.7 Å². The lowest BCUT2D eigenvalue weighted by Gasteiger charge is -2.12. The fraction of sp³-hybridized carbons (Fsp3) is 0.818. The maximum atomic E-state index is 10.5. The second-order valence-electron chi connectivity index (χ2n) is 3.65. The molecule has 90 valence electrons. The molecule has 0 saturated heterocycles. The number of hydrogen-bond donors (Lipinski definition) is 1. The molecule has 0 rings (SSSR count). The Morgan fingerprint density at radius 1 is 1.47 bits per heavy atom. The highest BCUT2D eigenvalue weighted by Crippen LogP contribution is 2.02. The van der Waals surface area contributed by atoms with Crippen LogP contribution in [-0.4, -0.2) is 32.0 Å². The zero-order valence-corrected chi connectivity index (χ0v) is 10.4. The molecule has 0 aromatic heterocycles. The second kappa shape index (κ2) is 11.2. The molecule has 0 heterocycles. The Bertz CT molecular complexity index is 167. The number of rotatable bonds is 5. The van der Waals surface area contributed by atoms with Gasteiger partial charge in [0.05, 0.1) is 6.04 Å². The predicted octanol–water partition coefficient (Wildman–Crippen LogP) is 1.39. The largest absolute Gasteiger partial charge is 0.385 e. The molecule has 0 aliphatic carbocycles. The average molecular weight is 217 g/mol. The van der Waals surface area contributed by atoms with E-state index in [0.29, 0.717) is 12.3 Å². The van der Waals surface area contributed by atoms with E-state index >= 15 is 0 Å². The van der Waals surface area contributed by atoms with E-state index in [9.17, 15) is 9.59 Å². The van der Waals surface area contributed by atoms with Crippen LogP contribution in [0.3, 0.4) is 0 Å². The number of carbonyl (C=O) groups is 2. The first-order valence-corrected chi connectivity index (χ1v) is 5.19. The predicted molar refractivity (Wildman–Crippen MR) is 60.7 cm³/mol. The van der Waals surface area contributed by atoms with Gasteiger partial charge in [0, 0.05) is 20.6 Å². The highest BCUT2D eigenvalue weighted by molar-refractivity contribution is 5.77. The second-order valence-corrected chi connectivity index (χ2v) is 3.65. The van der Waals surface area contributed by atoms with Gasteiger partial charge in [-0.3, -0.25) is 4.79 Å². The maximum Gasteiger partial charge on any atom is 0.217 e. The molecule has 0 bridgehead atoms. The highest BCUT2D eigenvalue weighted by atomic mass is 16.5. The van der Waals surface area contributed by atoms with Gasteiger partial charge < -0.3 is 14.8 Å². The van der Waals surface area contributed by atoms with E-state index in [1.807, 2.05) is 20.8 Å². The molecule has 15 heavy (non-hydrogen) atoms. The molecule has 0 saturated carbocycles. The standard InChI is InChI=1S/C8H15NO2.C3H8O/c1-6(2)4-8(5-10)9-7(3)11;1-3-4-2/h5-6,8H,4H2,1-3H3,(H,9,11);3H2,1-2H3. The molecule has 0 aliphatic rings. The quantitative estimate of drug-likeness (QED) is 0.708. The Labute approximate surface area is 92.4 Å². The molecule has 1 amide bonds. The zero-order chi connectivity index (χ0) is 12.3. The van der Waals surface area contributed by atoms with Crippen LogP contribution in [0.15, 0.2) is 0 Å². The van der Waals surface area contributed by atoms with Crippen molar-refractivity contribution < 1.29 is 14.3 Å². The third-order valence-corrected chi connectivity index (χ3v) is 1.57. The average Bonchev–Trinajstić information content (AvgIpc) is 2.15. The summed E-state index contributed by atoms with van der Waals surface area (Å²) in [6.07, 6.45) is 1.49. The first-order chi connectivity index (χ1) is 6.97. The van der Waals surface area contributed by atoms with Crippen LogP contribution in [0.5, 0.6) is 0 Å². The first-order valence-electron chi connectivity index (χ1n) is 5.19. The third kappa shape index (κ3) is 15.8. The summed E-state index contributed by atoms with van der Waals surface area (Å²) in [6, 6.07) is -0.313. The van der Waals surface area contributed by atoms with Gasteiger partial charge in [0.25, 0.3) is 0 Å². The van der Waals surface area contributed by atoms with Crippen molar-refractivity contribution in [3.8, 4) is 0 Å². The fourth-order valence-corrected chi connectivity index (χ4v) is 0.917. The first kappa shape index (κ1) is 16.5. The Morgan fingerprint density at radius 2 is 1.93 bits per heavy atom. The molecule has 0 fully saturated rings. The normalized spacial score (nSPS) is 11.3. The van der Waals surface area contributed by atoms with E-state index in [1.165, 1.54) is 6.92 Å². The lowest BCUT2D eigenvalue weighted by molar-refractivity contribution is -0.122. The number of carbonyl (C=O) groups excluding carboxylic acids is 2. The van der Waals surface area contributed by atoms with Gasteiger partial charge in [-0.25, -0.2) is 0 Å². The van der Waals surface area contributed by atoms with E-state index in [4.69, 9.17) is 0 Å².